The minimum atomic E-state index is -0.238. The van der Waals surface area contributed by atoms with Gasteiger partial charge in [0.2, 0.25) is 0 Å². The van der Waals surface area contributed by atoms with Gasteiger partial charge in [-0.3, -0.25) is 0 Å². The van der Waals surface area contributed by atoms with Crippen LogP contribution in [0.3, 0.4) is 0 Å². The zero-order chi connectivity index (χ0) is 14.1. The van der Waals surface area contributed by atoms with Gasteiger partial charge in [-0.1, -0.05) is 46.3 Å². The van der Waals surface area contributed by atoms with Crippen molar-refractivity contribution in [3.8, 4) is 21.8 Å². The quantitative estimate of drug-likeness (QED) is 0.580. The molecule has 0 fully saturated rings. The Kier molecular flexibility index (Phi) is 3.68. The number of benzene rings is 2. The van der Waals surface area contributed by atoms with Gasteiger partial charge in [-0.05, 0) is 25.1 Å². The maximum absolute atomic E-state index is 13.3. The molecular formula is C16H11BrFNS. The minimum absolute atomic E-state index is 0.238. The monoisotopic (exact) mass is 347 g/mol. The molecule has 0 N–H and O–H groups in total. The summed E-state index contributed by atoms with van der Waals surface area (Å²) >= 11 is 5.13. The first-order chi connectivity index (χ1) is 9.65. The Bertz CT molecular complexity index is 767. The Morgan fingerprint density at radius 1 is 1.10 bits per heavy atom. The summed E-state index contributed by atoms with van der Waals surface area (Å²) in [6.45, 7) is 2.04. The highest BCUT2D eigenvalue weighted by Crippen LogP contribution is 2.36. The SMILES string of the molecule is Cc1sc(-c2cccc(F)c2)nc1-c1ccccc1Br. The molecule has 3 rings (SSSR count). The molecule has 0 amide bonds. The van der Waals surface area contributed by atoms with Crippen molar-refractivity contribution in [2.24, 2.45) is 0 Å². The number of nitrogens with zero attached hydrogens (tertiary/aromatic N) is 1. The number of halogens is 2. The molecular weight excluding hydrogens is 337 g/mol. The summed E-state index contributed by atoms with van der Waals surface area (Å²) in [4.78, 5) is 5.80. The lowest BCUT2D eigenvalue weighted by Crippen LogP contribution is -1.83. The fourth-order valence-corrected chi connectivity index (χ4v) is 3.44. The van der Waals surface area contributed by atoms with E-state index in [1.165, 1.54) is 12.1 Å². The molecule has 1 heterocycles. The number of thiazole rings is 1. The normalized spacial score (nSPS) is 10.8. The molecule has 0 unspecified atom stereocenters. The van der Waals surface area contributed by atoms with Crippen LogP contribution in [0.4, 0.5) is 4.39 Å². The smallest absolute Gasteiger partial charge is 0.124 e. The third-order valence-electron chi connectivity index (χ3n) is 3.00. The highest BCUT2D eigenvalue weighted by molar-refractivity contribution is 9.10. The largest absolute Gasteiger partial charge is 0.236 e. The van der Waals surface area contributed by atoms with Crippen molar-refractivity contribution < 1.29 is 4.39 Å². The second-order valence-electron chi connectivity index (χ2n) is 4.41. The summed E-state index contributed by atoms with van der Waals surface area (Å²) in [6, 6.07) is 14.5. The van der Waals surface area contributed by atoms with Crippen LogP contribution < -0.4 is 0 Å². The van der Waals surface area contributed by atoms with Crippen molar-refractivity contribution in [1.82, 2.24) is 4.98 Å². The van der Waals surface area contributed by atoms with E-state index in [0.29, 0.717) is 0 Å². The van der Waals surface area contributed by atoms with Gasteiger partial charge in [-0.2, -0.15) is 0 Å². The topological polar surface area (TPSA) is 12.9 Å². The van der Waals surface area contributed by atoms with Crippen LogP contribution in [0, 0.1) is 12.7 Å². The lowest BCUT2D eigenvalue weighted by molar-refractivity contribution is 0.628. The summed E-state index contributed by atoms with van der Waals surface area (Å²) in [5.41, 5.74) is 2.82. The van der Waals surface area contributed by atoms with E-state index in [-0.39, 0.29) is 5.82 Å². The van der Waals surface area contributed by atoms with Crippen molar-refractivity contribution in [1.29, 1.82) is 0 Å². The molecule has 100 valence electrons. The van der Waals surface area contributed by atoms with Crippen LogP contribution in [0.2, 0.25) is 0 Å². The Morgan fingerprint density at radius 2 is 1.90 bits per heavy atom. The molecule has 0 aliphatic carbocycles. The van der Waals surface area contributed by atoms with E-state index in [1.807, 2.05) is 37.3 Å². The Hall–Kier alpha value is -1.52. The van der Waals surface area contributed by atoms with E-state index in [9.17, 15) is 4.39 Å². The lowest BCUT2D eigenvalue weighted by Gasteiger charge is -2.01. The molecule has 4 heteroatoms. The number of aryl methyl sites for hydroxylation is 1. The molecule has 0 atom stereocenters. The van der Waals surface area contributed by atoms with Crippen LogP contribution in [0.15, 0.2) is 53.0 Å². The van der Waals surface area contributed by atoms with Gasteiger partial charge in [-0.15, -0.1) is 11.3 Å². The predicted octanol–water partition coefficient (Wildman–Crippen LogP) is 5.69. The number of hydrogen-bond acceptors (Lipinski definition) is 2. The minimum Gasteiger partial charge on any atom is -0.236 e. The molecule has 0 spiro atoms. The summed E-state index contributed by atoms with van der Waals surface area (Å²) in [7, 11) is 0. The van der Waals surface area contributed by atoms with Crippen LogP contribution in [0.1, 0.15) is 4.88 Å². The number of hydrogen-bond donors (Lipinski definition) is 0. The third kappa shape index (κ3) is 2.53. The molecule has 0 aliphatic heterocycles. The zero-order valence-corrected chi connectivity index (χ0v) is 13.1. The first kappa shape index (κ1) is 13.5. The molecule has 0 saturated heterocycles. The molecule has 0 bridgehead atoms. The molecule has 1 aromatic heterocycles. The van der Waals surface area contributed by atoms with Crippen LogP contribution in [0.5, 0.6) is 0 Å². The predicted molar refractivity (Wildman–Crippen MR) is 85.4 cm³/mol. The molecule has 0 radical (unpaired) electrons. The van der Waals surface area contributed by atoms with Crippen molar-refractivity contribution >= 4 is 27.3 Å². The van der Waals surface area contributed by atoms with E-state index in [2.05, 4.69) is 20.9 Å². The zero-order valence-electron chi connectivity index (χ0n) is 10.7. The maximum Gasteiger partial charge on any atom is 0.124 e. The van der Waals surface area contributed by atoms with E-state index in [0.717, 1.165) is 31.2 Å². The van der Waals surface area contributed by atoms with Gasteiger partial charge in [-0.25, -0.2) is 9.37 Å². The molecule has 3 aromatic rings. The van der Waals surface area contributed by atoms with Gasteiger partial charge in [0, 0.05) is 20.5 Å². The highest BCUT2D eigenvalue weighted by Gasteiger charge is 2.13. The molecule has 0 saturated carbocycles. The van der Waals surface area contributed by atoms with Crippen LogP contribution >= 0.6 is 27.3 Å². The number of aromatic nitrogens is 1. The molecule has 1 nitrogen and oxygen atoms in total. The summed E-state index contributed by atoms with van der Waals surface area (Å²) < 4.78 is 14.3. The summed E-state index contributed by atoms with van der Waals surface area (Å²) in [5, 5.41) is 0.841. The second kappa shape index (κ2) is 5.46. The third-order valence-corrected chi connectivity index (χ3v) is 4.71. The van der Waals surface area contributed by atoms with Crippen molar-refractivity contribution in [2.75, 3.05) is 0 Å². The van der Waals surface area contributed by atoms with Gasteiger partial charge >= 0.3 is 0 Å². The standard InChI is InChI=1S/C16H11BrFNS/c1-10-15(13-7-2-3-8-14(13)17)19-16(20-10)11-5-4-6-12(18)9-11/h2-9H,1H3. The average molecular weight is 348 g/mol. The van der Waals surface area contributed by atoms with Gasteiger partial charge in [0.15, 0.2) is 0 Å². The van der Waals surface area contributed by atoms with E-state index < -0.39 is 0 Å². The van der Waals surface area contributed by atoms with Crippen molar-refractivity contribution in [2.45, 2.75) is 6.92 Å². The van der Waals surface area contributed by atoms with Gasteiger partial charge in [0.25, 0.3) is 0 Å². The second-order valence-corrected chi connectivity index (χ2v) is 6.47. The fourth-order valence-electron chi connectivity index (χ4n) is 2.04. The summed E-state index contributed by atoms with van der Waals surface area (Å²) in [6.07, 6.45) is 0. The molecule has 2 aromatic carbocycles. The fraction of sp³-hybridized carbons (Fsp3) is 0.0625. The summed E-state index contributed by atoms with van der Waals surface area (Å²) in [5.74, 6) is -0.238. The Labute approximate surface area is 129 Å². The van der Waals surface area contributed by atoms with E-state index in [1.54, 1.807) is 17.4 Å². The average Bonchev–Trinajstić information content (AvgIpc) is 2.81. The molecule has 20 heavy (non-hydrogen) atoms. The highest BCUT2D eigenvalue weighted by atomic mass is 79.9. The van der Waals surface area contributed by atoms with Gasteiger partial charge < -0.3 is 0 Å². The Morgan fingerprint density at radius 3 is 2.65 bits per heavy atom. The van der Waals surface area contributed by atoms with Crippen molar-refractivity contribution in [3.63, 3.8) is 0 Å². The van der Waals surface area contributed by atoms with Crippen LogP contribution in [-0.4, -0.2) is 4.98 Å². The first-order valence-electron chi connectivity index (χ1n) is 6.13. The van der Waals surface area contributed by atoms with Gasteiger partial charge in [0.1, 0.15) is 10.8 Å². The van der Waals surface area contributed by atoms with Crippen LogP contribution in [0.25, 0.3) is 21.8 Å². The van der Waals surface area contributed by atoms with E-state index >= 15 is 0 Å². The molecule has 0 aliphatic rings. The number of rotatable bonds is 2. The lowest BCUT2D eigenvalue weighted by atomic mass is 10.1. The Balaban J connectivity index is 2.10. The first-order valence-corrected chi connectivity index (χ1v) is 7.74. The van der Waals surface area contributed by atoms with Crippen molar-refractivity contribution in [3.05, 3.63) is 63.7 Å². The van der Waals surface area contributed by atoms with Gasteiger partial charge in [0.05, 0.1) is 5.69 Å². The van der Waals surface area contributed by atoms with Crippen LogP contribution in [-0.2, 0) is 0 Å². The van der Waals surface area contributed by atoms with E-state index in [4.69, 9.17) is 0 Å². The maximum atomic E-state index is 13.3.